The molecule has 2 nitrogen and oxygen atoms in total. The van der Waals surface area contributed by atoms with E-state index in [2.05, 4.69) is 12.2 Å². The van der Waals surface area contributed by atoms with E-state index in [0.29, 0.717) is 17.4 Å². The number of nitrogens with one attached hydrogen (secondary N) is 1. The molecule has 0 bridgehead atoms. The number of ether oxygens (including phenoxy) is 1. The fourth-order valence-corrected chi connectivity index (χ4v) is 2.20. The minimum atomic E-state index is -0.202. The van der Waals surface area contributed by atoms with Gasteiger partial charge in [-0.3, -0.25) is 0 Å². The highest BCUT2D eigenvalue weighted by Gasteiger charge is 2.29. The molecule has 0 spiro atoms. The molecular weight excluding hydrogens is 217 g/mol. The van der Waals surface area contributed by atoms with Gasteiger partial charge in [0.2, 0.25) is 0 Å². The first-order valence-corrected chi connectivity index (χ1v) is 6.21. The molecule has 0 aliphatic heterocycles. The van der Waals surface area contributed by atoms with Crippen LogP contribution in [-0.4, -0.2) is 13.2 Å². The zero-order chi connectivity index (χ0) is 12.4. The van der Waals surface area contributed by atoms with Crippen molar-refractivity contribution in [1.29, 1.82) is 0 Å². The molecule has 2 rings (SSSR count). The molecule has 1 aromatic carbocycles. The Kier molecular flexibility index (Phi) is 3.67. The first kappa shape index (κ1) is 12.4. The molecule has 1 N–H and O–H groups in total. The number of methoxy groups -OCH3 is 1. The molecule has 0 saturated heterocycles. The Morgan fingerprint density at radius 2 is 2.06 bits per heavy atom. The van der Waals surface area contributed by atoms with Crippen LogP contribution in [0.1, 0.15) is 38.3 Å². The number of rotatable bonds is 5. The molecule has 1 aliphatic rings. The van der Waals surface area contributed by atoms with Gasteiger partial charge in [-0.2, -0.15) is 0 Å². The van der Waals surface area contributed by atoms with Gasteiger partial charge in [0, 0.05) is 23.7 Å². The van der Waals surface area contributed by atoms with Crippen LogP contribution in [0.4, 0.5) is 4.39 Å². The van der Waals surface area contributed by atoms with Crippen molar-refractivity contribution in [2.75, 3.05) is 7.11 Å². The van der Waals surface area contributed by atoms with Crippen molar-refractivity contribution in [1.82, 2.24) is 5.32 Å². The van der Waals surface area contributed by atoms with E-state index >= 15 is 0 Å². The fraction of sp³-hybridized carbons (Fsp3) is 0.571. The summed E-state index contributed by atoms with van der Waals surface area (Å²) in [6, 6.07) is 5.54. The van der Waals surface area contributed by atoms with E-state index in [1.807, 2.05) is 6.92 Å². The van der Waals surface area contributed by atoms with Gasteiger partial charge in [0.15, 0.2) is 0 Å². The van der Waals surface area contributed by atoms with E-state index in [9.17, 15) is 4.39 Å². The number of benzene rings is 1. The molecule has 2 unspecified atom stereocenters. The predicted octanol–water partition coefficient (Wildman–Crippen LogP) is 3.28. The Morgan fingerprint density at radius 1 is 1.35 bits per heavy atom. The summed E-state index contributed by atoms with van der Waals surface area (Å²) >= 11 is 0. The molecule has 17 heavy (non-hydrogen) atoms. The average Bonchev–Trinajstić information content (AvgIpc) is 3.12. The zero-order valence-corrected chi connectivity index (χ0v) is 10.7. The second-order valence-corrected chi connectivity index (χ2v) is 4.90. The van der Waals surface area contributed by atoms with Crippen molar-refractivity contribution in [3.8, 4) is 5.75 Å². The smallest absolute Gasteiger partial charge is 0.131 e. The second kappa shape index (κ2) is 5.05. The molecule has 94 valence electrons. The number of hydrogen-bond donors (Lipinski definition) is 1. The van der Waals surface area contributed by atoms with E-state index in [1.165, 1.54) is 18.9 Å². The molecule has 0 amide bonds. The second-order valence-electron chi connectivity index (χ2n) is 4.90. The average molecular weight is 237 g/mol. The highest BCUT2D eigenvalue weighted by atomic mass is 19.1. The van der Waals surface area contributed by atoms with Gasteiger partial charge in [-0.1, -0.05) is 6.07 Å². The van der Waals surface area contributed by atoms with Crippen LogP contribution in [0, 0.1) is 11.7 Å². The number of halogens is 1. The maximum Gasteiger partial charge on any atom is 0.131 e. The van der Waals surface area contributed by atoms with Gasteiger partial charge in [0.05, 0.1) is 7.11 Å². The lowest BCUT2D eigenvalue weighted by molar-refractivity contribution is 0.405. The quantitative estimate of drug-likeness (QED) is 0.848. The molecule has 1 fully saturated rings. The molecule has 0 heterocycles. The van der Waals surface area contributed by atoms with Crippen LogP contribution >= 0.6 is 0 Å². The Morgan fingerprint density at radius 3 is 2.59 bits per heavy atom. The molecular formula is C14H20FNO. The third-order valence-corrected chi connectivity index (χ3v) is 3.52. The summed E-state index contributed by atoms with van der Waals surface area (Å²) in [6.07, 6.45) is 2.60. The maximum absolute atomic E-state index is 13.8. The molecule has 1 aromatic rings. The summed E-state index contributed by atoms with van der Waals surface area (Å²) in [5.41, 5.74) is 0.707. The Balaban J connectivity index is 2.04. The molecule has 0 aromatic heterocycles. The van der Waals surface area contributed by atoms with Crippen molar-refractivity contribution in [3.05, 3.63) is 29.6 Å². The Labute approximate surface area is 102 Å². The van der Waals surface area contributed by atoms with Crippen LogP contribution < -0.4 is 10.1 Å². The van der Waals surface area contributed by atoms with Crippen molar-refractivity contribution in [2.24, 2.45) is 5.92 Å². The van der Waals surface area contributed by atoms with Crippen LogP contribution in [0.25, 0.3) is 0 Å². The van der Waals surface area contributed by atoms with Crippen LogP contribution in [0.15, 0.2) is 18.2 Å². The van der Waals surface area contributed by atoms with Crippen molar-refractivity contribution in [2.45, 2.75) is 38.8 Å². The van der Waals surface area contributed by atoms with E-state index in [0.717, 1.165) is 5.92 Å². The third-order valence-electron chi connectivity index (χ3n) is 3.52. The number of hydrogen-bond acceptors (Lipinski definition) is 2. The van der Waals surface area contributed by atoms with Crippen LogP contribution in [0.2, 0.25) is 0 Å². The van der Waals surface area contributed by atoms with Crippen LogP contribution in [0.5, 0.6) is 5.75 Å². The van der Waals surface area contributed by atoms with Gasteiger partial charge in [-0.15, -0.1) is 0 Å². The van der Waals surface area contributed by atoms with Gasteiger partial charge in [0.25, 0.3) is 0 Å². The van der Waals surface area contributed by atoms with Gasteiger partial charge in [-0.05, 0) is 38.7 Å². The largest absolute Gasteiger partial charge is 0.497 e. The minimum absolute atomic E-state index is 0.0384. The standard InChI is InChI=1S/C14H20FNO/c1-9(11-4-5-11)16-10(2)13-7-6-12(17-3)8-14(13)15/h6-11,16H,4-5H2,1-3H3. The topological polar surface area (TPSA) is 21.3 Å². The lowest BCUT2D eigenvalue weighted by Gasteiger charge is -2.20. The molecule has 3 heteroatoms. The maximum atomic E-state index is 13.8. The zero-order valence-electron chi connectivity index (χ0n) is 10.7. The predicted molar refractivity (Wildman–Crippen MR) is 66.7 cm³/mol. The summed E-state index contributed by atoms with van der Waals surface area (Å²) < 4.78 is 18.8. The Hall–Kier alpha value is -1.09. The minimum Gasteiger partial charge on any atom is -0.497 e. The van der Waals surface area contributed by atoms with Gasteiger partial charge < -0.3 is 10.1 Å². The lowest BCUT2D eigenvalue weighted by atomic mass is 10.1. The van der Waals surface area contributed by atoms with E-state index in [4.69, 9.17) is 4.74 Å². The van der Waals surface area contributed by atoms with Crippen molar-refractivity contribution >= 4 is 0 Å². The highest BCUT2D eigenvalue weighted by molar-refractivity contribution is 5.30. The van der Waals surface area contributed by atoms with Gasteiger partial charge in [0.1, 0.15) is 11.6 Å². The van der Waals surface area contributed by atoms with Crippen LogP contribution in [-0.2, 0) is 0 Å². The van der Waals surface area contributed by atoms with E-state index in [-0.39, 0.29) is 11.9 Å². The SMILES string of the molecule is COc1ccc(C(C)NC(C)C2CC2)c(F)c1. The van der Waals surface area contributed by atoms with E-state index < -0.39 is 0 Å². The molecule has 1 aliphatic carbocycles. The first-order chi connectivity index (χ1) is 8.11. The fourth-order valence-electron chi connectivity index (χ4n) is 2.20. The summed E-state index contributed by atoms with van der Waals surface area (Å²) in [7, 11) is 1.55. The summed E-state index contributed by atoms with van der Waals surface area (Å²) in [6.45, 7) is 4.18. The summed E-state index contributed by atoms with van der Waals surface area (Å²) in [5.74, 6) is 1.14. The molecule has 1 saturated carbocycles. The first-order valence-electron chi connectivity index (χ1n) is 6.21. The highest BCUT2D eigenvalue weighted by Crippen LogP contribution is 2.33. The third kappa shape index (κ3) is 2.97. The Bertz CT molecular complexity index is 390. The molecule has 2 atom stereocenters. The summed E-state index contributed by atoms with van der Waals surface area (Å²) in [5, 5.41) is 3.46. The monoisotopic (exact) mass is 237 g/mol. The van der Waals surface area contributed by atoms with Crippen molar-refractivity contribution in [3.63, 3.8) is 0 Å². The van der Waals surface area contributed by atoms with Crippen molar-refractivity contribution < 1.29 is 9.13 Å². The van der Waals surface area contributed by atoms with Gasteiger partial charge in [-0.25, -0.2) is 4.39 Å². The lowest BCUT2D eigenvalue weighted by Crippen LogP contribution is -2.31. The van der Waals surface area contributed by atoms with E-state index in [1.54, 1.807) is 19.2 Å². The van der Waals surface area contributed by atoms with Gasteiger partial charge >= 0.3 is 0 Å². The van der Waals surface area contributed by atoms with Crippen LogP contribution in [0.3, 0.4) is 0 Å². The summed E-state index contributed by atoms with van der Waals surface area (Å²) in [4.78, 5) is 0. The normalized spacial score (nSPS) is 18.8. The molecule has 0 radical (unpaired) electrons.